The van der Waals surface area contributed by atoms with Crippen molar-refractivity contribution < 1.29 is 44.2 Å². The van der Waals surface area contributed by atoms with Crippen LogP contribution in [0.3, 0.4) is 0 Å². The number of esters is 1. The molecule has 1 aliphatic rings. The van der Waals surface area contributed by atoms with Crippen molar-refractivity contribution in [1.29, 1.82) is 0 Å². The molecule has 0 aromatic heterocycles. The first-order valence-electron chi connectivity index (χ1n) is 24.9. The summed E-state index contributed by atoms with van der Waals surface area (Å²) in [5.74, 6) is -0.375. The number of rotatable bonds is 40. The number of unbranched alkanes of at least 4 members (excludes halogenated alkanes) is 5. The van der Waals surface area contributed by atoms with Gasteiger partial charge in [0.05, 0.1) is 19.8 Å². The van der Waals surface area contributed by atoms with Crippen LogP contribution in [0.5, 0.6) is 0 Å². The van der Waals surface area contributed by atoms with Gasteiger partial charge in [-0.25, -0.2) is 0 Å². The fraction of sp³-hybridized carbons (Fsp3) is 0.561. The minimum atomic E-state index is -1.56. The van der Waals surface area contributed by atoms with Gasteiger partial charge < -0.3 is 39.4 Å². The Morgan fingerprint density at radius 3 is 1.29 bits per heavy atom. The molecule has 0 radical (unpaired) electrons. The first kappa shape index (κ1) is 60.1. The molecule has 0 saturated carbocycles. The predicted octanol–water partition coefficient (Wildman–Crippen LogP) is 12.2. The number of aliphatic hydroxyl groups is 4. The second kappa shape index (κ2) is 46.2. The van der Waals surface area contributed by atoms with Crippen molar-refractivity contribution >= 4 is 5.97 Å². The Morgan fingerprint density at radius 1 is 0.485 bits per heavy atom. The Hall–Kier alpha value is -3.93. The van der Waals surface area contributed by atoms with Gasteiger partial charge in [-0.2, -0.15) is 0 Å². The van der Waals surface area contributed by atoms with E-state index in [-0.39, 0.29) is 25.6 Å². The van der Waals surface area contributed by atoms with Crippen LogP contribution in [0.4, 0.5) is 0 Å². The van der Waals surface area contributed by atoms with Gasteiger partial charge in [0.1, 0.15) is 30.5 Å². The first-order chi connectivity index (χ1) is 32.4. The molecule has 1 saturated heterocycles. The van der Waals surface area contributed by atoms with Crippen LogP contribution in [0.25, 0.3) is 0 Å². The third-order valence-corrected chi connectivity index (χ3v) is 10.3. The van der Waals surface area contributed by atoms with Gasteiger partial charge in [-0.15, -0.1) is 0 Å². The summed E-state index contributed by atoms with van der Waals surface area (Å²) >= 11 is 0. The molecule has 0 spiro atoms. The van der Waals surface area contributed by atoms with Crippen molar-refractivity contribution in [1.82, 2.24) is 0 Å². The van der Waals surface area contributed by atoms with Crippen LogP contribution in [0.2, 0.25) is 0 Å². The standard InChI is InChI=1S/C57H88O9/c1-3-5-7-9-11-13-15-17-19-21-23-25-27-29-31-33-35-37-39-41-43-45-47-63-49-51(50-64-57-56(62)55(61)54(60)52(48-58)66-57)65-53(59)46-44-42-40-38-36-34-32-30-28-26-24-22-20-18-16-14-12-10-8-6-4-2/h5-8,11-14,17-20,23-26,29-32,35-38,51-52,54-58,60-62H,3-4,9-10,15-16,21-22,27-28,33-34,39-50H2,1-2H3/b7-5-,8-6-,13-11-,14-12-,19-17-,20-18-,25-23-,26-24-,31-29-,32-30-,37-35-,38-36-. The second-order valence-electron chi connectivity index (χ2n) is 16.1. The third-order valence-electron chi connectivity index (χ3n) is 10.3. The molecule has 9 heteroatoms. The average Bonchev–Trinajstić information content (AvgIpc) is 3.32. The smallest absolute Gasteiger partial charge is 0.306 e. The Morgan fingerprint density at radius 2 is 0.879 bits per heavy atom. The number of hydrogen-bond donors (Lipinski definition) is 4. The Kier molecular flexibility index (Phi) is 42.1. The van der Waals surface area contributed by atoms with Gasteiger partial charge in [0.15, 0.2) is 6.29 Å². The third kappa shape index (κ3) is 36.2. The summed E-state index contributed by atoms with van der Waals surface area (Å²) in [5.41, 5.74) is 0. The molecule has 370 valence electrons. The molecule has 0 aromatic rings. The van der Waals surface area contributed by atoms with Crippen LogP contribution in [0.15, 0.2) is 146 Å². The van der Waals surface area contributed by atoms with Crippen LogP contribution in [-0.4, -0.2) is 89.6 Å². The lowest BCUT2D eigenvalue weighted by molar-refractivity contribution is -0.305. The van der Waals surface area contributed by atoms with Crippen LogP contribution >= 0.6 is 0 Å². The molecule has 1 aliphatic heterocycles. The highest BCUT2D eigenvalue weighted by atomic mass is 16.7. The van der Waals surface area contributed by atoms with E-state index < -0.39 is 43.4 Å². The van der Waals surface area contributed by atoms with Gasteiger partial charge in [-0.1, -0.05) is 166 Å². The number of hydrogen-bond acceptors (Lipinski definition) is 9. The minimum Gasteiger partial charge on any atom is -0.457 e. The summed E-state index contributed by atoms with van der Waals surface area (Å²) in [7, 11) is 0. The lowest BCUT2D eigenvalue weighted by Crippen LogP contribution is -2.59. The fourth-order valence-corrected chi connectivity index (χ4v) is 6.44. The van der Waals surface area contributed by atoms with E-state index in [1.54, 1.807) is 0 Å². The zero-order chi connectivity index (χ0) is 47.8. The molecule has 66 heavy (non-hydrogen) atoms. The van der Waals surface area contributed by atoms with Gasteiger partial charge in [0, 0.05) is 13.0 Å². The average molecular weight is 917 g/mol. The number of ether oxygens (including phenoxy) is 4. The molecule has 0 aromatic carbocycles. The zero-order valence-corrected chi connectivity index (χ0v) is 40.6. The molecule has 9 nitrogen and oxygen atoms in total. The van der Waals surface area contributed by atoms with E-state index in [2.05, 4.69) is 160 Å². The van der Waals surface area contributed by atoms with E-state index in [4.69, 9.17) is 18.9 Å². The highest BCUT2D eigenvalue weighted by Crippen LogP contribution is 2.22. The lowest BCUT2D eigenvalue weighted by atomic mass is 9.99. The van der Waals surface area contributed by atoms with Crippen molar-refractivity contribution in [3.63, 3.8) is 0 Å². The highest BCUT2D eigenvalue weighted by molar-refractivity contribution is 5.69. The quantitative estimate of drug-likeness (QED) is 0.0269. The molecule has 6 atom stereocenters. The van der Waals surface area contributed by atoms with Crippen molar-refractivity contribution in [3.8, 4) is 0 Å². The molecule has 4 N–H and O–H groups in total. The van der Waals surface area contributed by atoms with E-state index in [9.17, 15) is 25.2 Å². The van der Waals surface area contributed by atoms with Crippen molar-refractivity contribution in [2.75, 3.05) is 26.4 Å². The van der Waals surface area contributed by atoms with E-state index in [1.807, 2.05) is 0 Å². The highest BCUT2D eigenvalue weighted by Gasteiger charge is 2.44. The molecule has 0 amide bonds. The van der Waals surface area contributed by atoms with Gasteiger partial charge >= 0.3 is 5.97 Å². The summed E-state index contributed by atoms with van der Waals surface area (Å²) in [4.78, 5) is 12.8. The molecule has 1 heterocycles. The van der Waals surface area contributed by atoms with Gasteiger partial charge in [-0.3, -0.25) is 4.79 Å². The van der Waals surface area contributed by atoms with Gasteiger partial charge in [0.2, 0.25) is 0 Å². The largest absolute Gasteiger partial charge is 0.457 e. The predicted molar refractivity (Wildman–Crippen MR) is 274 cm³/mol. The maximum Gasteiger partial charge on any atom is 0.306 e. The van der Waals surface area contributed by atoms with Crippen LogP contribution in [-0.2, 0) is 23.7 Å². The number of aliphatic hydroxyl groups excluding tert-OH is 4. The van der Waals surface area contributed by atoms with Gasteiger partial charge in [0.25, 0.3) is 0 Å². The van der Waals surface area contributed by atoms with E-state index >= 15 is 0 Å². The van der Waals surface area contributed by atoms with Crippen LogP contribution < -0.4 is 0 Å². The Labute approximate surface area is 400 Å². The SMILES string of the molecule is CC/C=C\C/C=C\C/C=C\C/C=C\C/C=C\C/C=C\CCCCCOCC(COC1OC(CO)C(O)C(O)C1O)OC(=O)CCCC/C=C\C/C=C\C/C=C\C/C=C\C/C=C\C/C=C\CC. The lowest BCUT2D eigenvalue weighted by Gasteiger charge is -2.39. The zero-order valence-electron chi connectivity index (χ0n) is 40.6. The summed E-state index contributed by atoms with van der Waals surface area (Å²) in [6, 6.07) is 0. The molecule has 6 unspecified atom stereocenters. The van der Waals surface area contributed by atoms with E-state index in [0.717, 1.165) is 116 Å². The second-order valence-corrected chi connectivity index (χ2v) is 16.1. The minimum absolute atomic E-state index is 0.0921. The molecular formula is C57H88O9. The topological polar surface area (TPSA) is 135 Å². The van der Waals surface area contributed by atoms with Crippen LogP contribution in [0, 0.1) is 0 Å². The van der Waals surface area contributed by atoms with Gasteiger partial charge in [-0.05, 0) is 116 Å². The Bertz CT molecular complexity index is 1510. The van der Waals surface area contributed by atoms with Crippen molar-refractivity contribution in [2.45, 2.75) is 179 Å². The Balaban J connectivity index is 2.32. The van der Waals surface area contributed by atoms with Crippen molar-refractivity contribution in [2.24, 2.45) is 0 Å². The summed E-state index contributed by atoms with van der Waals surface area (Å²) < 4.78 is 22.8. The van der Waals surface area contributed by atoms with Crippen molar-refractivity contribution in [3.05, 3.63) is 146 Å². The number of allylic oxidation sites excluding steroid dienone is 24. The molecule has 0 bridgehead atoms. The maximum atomic E-state index is 12.8. The molecule has 1 fully saturated rings. The summed E-state index contributed by atoms with van der Waals surface area (Å²) in [5, 5.41) is 40.2. The normalized spacial score (nSPS) is 20.6. The first-order valence-corrected chi connectivity index (χ1v) is 24.9. The monoisotopic (exact) mass is 917 g/mol. The van der Waals surface area contributed by atoms with Crippen LogP contribution in [0.1, 0.15) is 142 Å². The molecular weight excluding hydrogens is 829 g/mol. The van der Waals surface area contributed by atoms with E-state index in [0.29, 0.717) is 13.0 Å². The number of carbonyl (C=O) groups excluding carboxylic acids is 1. The molecule has 0 aliphatic carbocycles. The van der Waals surface area contributed by atoms with E-state index in [1.165, 1.54) is 0 Å². The summed E-state index contributed by atoms with van der Waals surface area (Å²) in [6.45, 7) is 4.15. The summed E-state index contributed by atoms with van der Waals surface area (Å²) in [6.07, 6.45) is 63.1. The fourth-order valence-electron chi connectivity index (χ4n) is 6.44. The molecule has 1 rings (SSSR count). The number of carbonyl (C=O) groups is 1. The maximum absolute atomic E-state index is 12.8.